The van der Waals surface area contributed by atoms with E-state index in [0.29, 0.717) is 49.8 Å². The minimum Gasteiger partial charge on any atom is -0.358 e. The van der Waals surface area contributed by atoms with Gasteiger partial charge in [0.1, 0.15) is 16.6 Å². The summed E-state index contributed by atoms with van der Waals surface area (Å²) in [4.78, 5) is 28.3. The van der Waals surface area contributed by atoms with E-state index in [0.717, 1.165) is 11.5 Å². The molecule has 0 spiro atoms. The summed E-state index contributed by atoms with van der Waals surface area (Å²) in [6, 6.07) is 2.07. The largest absolute Gasteiger partial charge is 0.358 e. The van der Waals surface area contributed by atoms with Gasteiger partial charge in [0.15, 0.2) is 5.15 Å². The Morgan fingerprint density at radius 1 is 1.36 bits per heavy atom. The quantitative estimate of drug-likeness (QED) is 0.761. The van der Waals surface area contributed by atoms with Gasteiger partial charge >= 0.3 is 0 Å². The van der Waals surface area contributed by atoms with E-state index in [9.17, 15) is 14.9 Å². The van der Waals surface area contributed by atoms with Crippen molar-refractivity contribution in [2.45, 2.75) is 19.4 Å². The Bertz CT molecular complexity index is 863. The molecule has 0 saturated carbocycles. The van der Waals surface area contributed by atoms with E-state index >= 15 is 0 Å². The van der Waals surface area contributed by atoms with Gasteiger partial charge in [-0.15, -0.1) is 5.10 Å². The first-order chi connectivity index (χ1) is 13.6. The maximum atomic E-state index is 12.7. The predicted molar refractivity (Wildman–Crippen MR) is 103 cm³/mol. The number of nitriles is 1. The van der Waals surface area contributed by atoms with Gasteiger partial charge in [-0.2, -0.15) is 9.64 Å². The number of carbonyl (C=O) groups excluding carboxylic acids is 2. The van der Waals surface area contributed by atoms with Crippen LogP contribution in [0.5, 0.6) is 0 Å². The molecule has 0 radical (unpaired) electrons. The standard InChI is InChI=1S/C16H19ClN8O2S/c17-15-12(11-18)16(28-21-15)24-7-3-19-13(26)1-5-23(9-10-24)14(27)2-6-25-8-4-20-22-25/h4,8H,1-3,5-7,9-10H2,(H,19,26). The highest BCUT2D eigenvalue weighted by atomic mass is 35.5. The number of halogens is 1. The van der Waals surface area contributed by atoms with E-state index in [-0.39, 0.29) is 29.8 Å². The van der Waals surface area contributed by atoms with Gasteiger partial charge in [0.2, 0.25) is 11.8 Å². The molecule has 0 atom stereocenters. The monoisotopic (exact) mass is 422 g/mol. The molecule has 3 rings (SSSR count). The summed E-state index contributed by atoms with van der Waals surface area (Å²) in [6.45, 7) is 2.65. The van der Waals surface area contributed by atoms with Crippen LogP contribution in [0.2, 0.25) is 5.15 Å². The average molecular weight is 423 g/mol. The second-order valence-electron chi connectivity index (χ2n) is 6.15. The predicted octanol–water partition coefficient (Wildman–Crippen LogP) is 0.505. The number of rotatable bonds is 4. The molecule has 0 bridgehead atoms. The Balaban J connectivity index is 1.70. The summed E-state index contributed by atoms with van der Waals surface area (Å²) in [6.07, 6.45) is 3.78. The molecule has 1 aliphatic heterocycles. The number of nitrogens with zero attached hydrogens (tertiary/aromatic N) is 7. The summed E-state index contributed by atoms with van der Waals surface area (Å²) in [7, 11) is 0. The average Bonchev–Trinajstić information content (AvgIpc) is 3.34. The molecule has 1 saturated heterocycles. The number of amides is 2. The van der Waals surface area contributed by atoms with Crippen LogP contribution in [-0.2, 0) is 16.1 Å². The van der Waals surface area contributed by atoms with Crippen molar-refractivity contribution in [1.82, 2.24) is 29.6 Å². The van der Waals surface area contributed by atoms with Gasteiger partial charge in [0, 0.05) is 51.8 Å². The van der Waals surface area contributed by atoms with Crippen LogP contribution >= 0.6 is 23.1 Å². The van der Waals surface area contributed by atoms with Crippen LogP contribution in [0.25, 0.3) is 0 Å². The Hall–Kier alpha value is -2.71. The third-order valence-electron chi connectivity index (χ3n) is 4.36. The molecule has 28 heavy (non-hydrogen) atoms. The first-order valence-corrected chi connectivity index (χ1v) is 9.92. The normalized spacial score (nSPS) is 15.8. The van der Waals surface area contributed by atoms with E-state index < -0.39 is 0 Å². The van der Waals surface area contributed by atoms with E-state index in [1.807, 2.05) is 4.90 Å². The summed E-state index contributed by atoms with van der Waals surface area (Å²) in [5.74, 6) is -0.176. The molecule has 0 aromatic carbocycles. The second kappa shape index (κ2) is 9.48. The summed E-state index contributed by atoms with van der Waals surface area (Å²) >= 11 is 7.13. The number of hydrogen-bond acceptors (Lipinski definition) is 8. The fraction of sp³-hybridized carbons (Fsp3) is 0.500. The zero-order chi connectivity index (χ0) is 19.9. The lowest BCUT2D eigenvalue weighted by atomic mass is 10.2. The molecule has 0 unspecified atom stereocenters. The van der Waals surface area contributed by atoms with E-state index in [2.05, 4.69) is 26.1 Å². The highest BCUT2D eigenvalue weighted by molar-refractivity contribution is 7.10. The SMILES string of the molecule is N#Cc1c(Cl)nsc1N1CCNC(=O)CCN(C(=O)CCn2ccnn2)CC1. The molecular weight excluding hydrogens is 404 g/mol. The topological polar surface area (TPSA) is 120 Å². The van der Waals surface area contributed by atoms with Crippen molar-refractivity contribution in [1.29, 1.82) is 5.26 Å². The molecule has 3 heterocycles. The van der Waals surface area contributed by atoms with E-state index in [1.54, 1.807) is 22.0 Å². The van der Waals surface area contributed by atoms with Crippen molar-refractivity contribution in [3.63, 3.8) is 0 Å². The van der Waals surface area contributed by atoms with Crippen LogP contribution in [0, 0.1) is 11.3 Å². The number of hydrogen-bond donors (Lipinski definition) is 1. The molecule has 1 fully saturated rings. The highest BCUT2D eigenvalue weighted by Crippen LogP contribution is 2.31. The fourth-order valence-corrected chi connectivity index (χ4v) is 3.95. The number of aromatic nitrogens is 4. The minimum absolute atomic E-state index is 0.0633. The molecule has 0 aliphatic carbocycles. The number of nitrogens with one attached hydrogen (secondary N) is 1. The summed E-state index contributed by atoms with van der Waals surface area (Å²) in [5, 5.41) is 20.6. The van der Waals surface area contributed by atoms with Crippen molar-refractivity contribution in [2.24, 2.45) is 0 Å². The first-order valence-electron chi connectivity index (χ1n) is 8.77. The number of anilines is 1. The third-order valence-corrected chi connectivity index (χ3v) is 5.65. The fourth-order valence-electron chi connectivity index (χ4n) is 2.87. The molecule has 12 heteroatoms. The van der Waals surface area contributed by atoms with Crippen molar-refractivity contribution < 1.29 is 9.59 Å². The molecule has 2 amide bonds. The van der Waals surface area contributed by atoms with Gasteiger partial charge in [0.05, 0.1) is 12.7 Å². The van der Waals surface area contributed by atoms with Crippen molar-refractivity contribution in [3.05, 3.63) is 23.1 Å². The van der Waals surface area contributed by atoms with Crippen LogP contribution in [-0.4, -0.2) is 68.8 Å². The maximum Gasteiger partial charge on any atom is 0.224 e. The van der Waals surface area contributed by atoms with E-state index in [4.69, 9.17) is 11.6 Å². The van der Waals surface area contributed by atoms with Crippen LogP contribution in [0.1, 0.15) is 18.4 Å². The third kappa shape index (κ3) is 4.96. The van der Waals surface area contributed by atoms with Crippen LogP contribution in [0.15, 0.2) is 12.4 Å². The zero-order valence-electron chi connectivity index (χ0n) is 15.0. The van der Waals surface area contributed by atoms with Crippen LogP contribution in [0.3, 0.4) is 0 Å². The Morgan fingerprint density at radius 3 is 2.96 bits per heavy atom. The van der Waals surface area contributed by atoms with Gasteiger partial charge in [-0.3, -0.25) is 14.3 Å². The van der Waals surface area contributed by atoms with Crippen LogP contribution < -0.4 is 10.2 Å². The minimum atomic E-state index is -0.112. The Kier molecular flexibility index (Phi) is 6.78. The lowest BCUT2D eigenvalue weighted by molar-refractivity contribution is -0.132. The molecule has 148 valence electrons. The molecular formula is C16H19ClN8O2S. The molecule has 2 aromatic heterocycles. The van der Waals surface area contributed by atoms with Gasteiger partial charge in [-0.05, 0) is 11.5 Å². The van der Waals surface area contributed by atoms with Crippen molar-refractivity contribution in [2.75, 3.05) is 37.6 Å². The highest BCUT2D eigenvalue weighted by Gasteiger charge is 2.22. The smallest absolute Gasteiger partial charge is 0.224 e. The number of aryl methyl sites for hydroxylation is 1. The Morgan fingerprint density at radius 2 is 2.21 bits per heavy atom. The van der Waals surface area contributed by atoms with Gasteiger partial charge < -0.3 is 15.1 Å². The number of carbonyl (C=O) groups is 2. The second-order valence-corrected chi connectivity index (χ2v) is 7.26. The maximum absolute atomic E-state index is 12.7. The first kappa shape index (κ1) is 20.0. The van der Waals surface area contributed by atoms with Crippen LogP contribution in [0.4, 0.5) is 5.00 Å². The summed E-state index contributed by atoms with van der Waals surface area (Å²) in [5.41, 5.74) is 0.319. The molecule has 2 aromatic rings. The lowest BCUT2D eigenvalue weighted by Crippen LogP contribution is -2.45. The van der Waals surface area contributed by atoms with Gasteiger partial charge in [-0.1, -0.05) is 16.8 Å². The van der Waals surface area contributed by atoms with Gasteiger partial charge in [-0.25, -0.2) is 0 Å². The zero-order valence-corrected chi connectivity index (χ0v) is 16.6. The lowest BCUT2D eigenvalue weighted by Gasteiger charge is -2.30. The Labute approximate surface area is 170 Å². The van der Waals surface area contributed by atoms with Crippen molar-refractivity contribution in [3.8, 4) is 6.07 Å². The molecule has 1 aliphatic rings. The summed E-state index contributed by atoms with van der Waals surface area (Å²) < 4.78 is 5.64. The molecule has 10 nitrogen and oxygen atoms in total. The van der Waals surface area contributed by atoms with E-state index in [1.165, 1.54) is 0 Å². The molecule has 1 N–H and O–H groups in total. The van der Waals surface area contributed by atoms with Gasteiger partial charge in [0.25, 0.3) is 0 Å². The van der Waals surface area contributed by atoms with Crippen molar-refractivity contribution >= 4 is 39.9 Å².